The lowest BCUT2D eigenvalue weighted by Crippen LogP contribution is -2.40. The molecule has 66 valence electrons. The number of hydrogen-bond acceptors (Lipinski definition) is 1. The average Bonchev–Trinajstić information content (AvgIpc) is 1.86. The first-order valence-corrected chi connectivity index (χ1v) is 4.73. The topological polar surface area (TPSA) is 12.0 Å². The maximum Gasteiger partial charge on any atom is 0.00415 e. The molecule has 0 aromatic heterocycles. The van der Waals surface area contributed by atoms with Crippen LogP contribution in [-0.4, -0.2) is 12.6 Å². The van der Waals surface area contributed by atoms with E-state index in [1.807, 2.05) is 0 Å². The van der Waals surface area contributed by atoms with E-state index in [4.69, 9.17) is 0 Å². The van der Waals surface area contributed by atoms with E-state index in [0.29, 0.717) is 5.41 Å². The maximum atomic E-state index is 3.48. The van der Waals surface area contributed by atoms with Gasteiger partial charge >= 0.3 is 0 Å². The summed E-state index contributed by atoms with van der Waals surface area (Å²) in [4.78, 5) is 0. The summed E-state index contributed by atoms with van der Waals surface area (Å²) >= 11 is 0. The van der Waals surface area contributed by atoms with E-state index in [1.165, 1.54) is 19.4 Å². The first kappa shape index (κ1) is 9.05. The summed E-state index contributed by atoms with van der Waals surface area (Å²) in [6, 6.07) is 0.730. The Kier molecular flexibility index (Phi) is 2.58. The minimum Gasteiger partial charge on any atom is -0.314 e. The molecule has 1 fully saturated rings. The van der Waals surface area contributed by atoms with Gasteiger partial charge < -0.3 is 5.32 Å². The predicted octanol–water partition coefficient (Wildman–Crippen LogP) is 2.42. The Morgan fingerprint density at radius 3 is 2.27 bits per heavy atom. The molecule has 0 aliphatic carbocycles. The lowest BCUT2D eigenvalue weighted by Gasteiger charge is -2.37. The lowest BCUT2D eigenvalue weighted by atomic mass is 9.74. The van der Waals surface area contributed by atoms with Crippen molar-refractivity contribution in [2.24, 2.45) is 11.3 Å². The molecule has 0 aromatic carbocycles. The van der Waals surface area contributed by atoms with Crippen LogP contribution in [0.4, 0.5) is 0 Å². The van der Waals surface area contributed by atoms with E-state index in [9.17, 15) is 0 Å². The second-order valence-electron chi connectivity index (χ2n) is 4.94. The van der Waals surface area contributed by atoms with Crippen molar-refractivity contribution in [3.05, 3.63) is 0 Å². The van der Waals surface area contributed by atoms with Gasteiger partial charge in [-0.05, 0) is 37.6 Å². The highest BCUT2D eigenvalue weighted by molar-refractivity contribution is 4.82. The lowest BCUT2D eigenvalue weighted by molar-refractivity contribution is 0.165. The molecule has 0 spiro atoms. The second-order valence-corrected chi connectivity index (χ2v) is 4.94. The zero-order valence-corrected chi connectivity index (χ0v) is 8.28. The van der Waals surface area contributed by atoms with Crippen LogP contribution < -0.4 is 5.32 Å². The Morgan fingerprint density at radius 2 is 1.91 bits per heavy atom. The van der Waals surface area contributed by atoms with Crippen molar-refractivity contribution in [1.82, 2.24) is 5.32 Å². The van der Waals surface area contributed by atoms with Crippen LogP contribution in [0, 0.1) is 11.3 Å². The fraction of sp³-hybridized carbons (Fsp3) is 1.00. The van der Waals surface area contributed by atoms with Gasteiger partial charge in [-0.15, -0.1) is 0 Å². The van der Waals surface area contributed by atoms with Crippen LogP contribution in [0.2, 0.25) is 0 Å². The molecule has 2 atom stereocenters. The second kappa shape index (κ2) is 3.14. The van der Waals surface area contributed by atoms with Gasteiger partial charge in [-0.2, -0.15) is 0 Å². The first-order valence-electron chi connectivity index (χ1n) is 4.73. The number of hydrogen-bond donors (Lipinski definition) is 1. The molecule has 0 bridgehead atoms. The van der Waals surface area contributed by atoms with E-state index >= 15 is 0 Å². The van der Waals surface area contributed by atoms with Gasteiger partial charge in [0.25, 0.3) is 0 Å². The molecule has 1 saturated heterocycles. The molecular formula is C10H21N. The average molecular weight is 155 g/mol. The van der Waals surface area contributed by atoms with Gasteiger partial charge in [0, 0.05) is 6.04 Å². The van der Waals surface area contributed by atoms with Gasteiger partial charge in [-0.1, -0.05) is 20.8 Å². The quantitative estimate of drug-likeness (QED) is 0.566. The van der Waals surface area contributed by atoms with Crippen LogP contribution in [0.5, 0.6) is 0 Å². The van der Waals surface area contributed by atoms with Gasteiger partial charge in [0.15, 0.2) is 0 Å². The van der Waals surface area contributed by atoms with Crippen LogP contribution in [-0.2, 0) is 0 Å². The molecule has 1 heteroatoms. The van der Waals surface area contributed by atoms with E-state index in [2.05, 4.69) is 33.0 Å². The Labute approximate surface area is 70.6 Å². The molecule has 1 nitrogen and oxygen atoms in total. The van der Waals surface area contributed by atoms with Crippen molar-refractivity contribution in [2.75, 3.05) is 6.54 Å². The zero-order valence-electron chi connectivity index (χ0n) is 8.28. The van der Waals surface area contributed by atoms with Crippen LogP contribution >= 0.6 is 0 Å². The summed E-state index contributed by atoms with van der Waals surface area (Å²) < 4.78 is 0. The highest BCUT2D eigenvalue weighted by Crippen LogP contribution is 2.33. The molecular weight excluding hydrogens is 134 g/mol. The third-order valence-corrected chi connectivity index (χ3v) is 2.85. The van der Waals surface area contributed by atoms with E-state index in [1.54, 1.807) is 0 Å². The molecule has 0 saturated carbocycles. The molecule has 0 aromatic rings. The predicted molar refractivity (Wildman–Crippen MR) is 49.6 cm³/mol. The summed E-state index contributed by atoms with van der Waals surface area (Å²) in [6.45, 7) is 10.6. The van der Waals surface area contributed by atoms with Crippen molar-refractivity contribution in [1.29, 1.82) is 0 Å². The minimum absolute atomic E-state index is 0.510. The fourth-order valence-corrected chi connectivity index (χ4v) is 1.92. The zero-order chi connectivity index (χ0) is 8.48. The number of nitrogens with one attached hydrogen (secondary N) is 1. The van der Waals surface area contributed by atoms with Crippen molar-refractivity contribution in [2.45, 2.75) is 46.6 Å². The normalized spacial score (nSPS) is 33.8. The van der Waals surface area contributed by atoms with Gasteiger partial charge in [0.05, 0.1) is 0 Å². The molecule has 1 aliphatic rings. The van der Waals surface area contributed by atoms with Crippen molar-refractivity contribution < 1.29 is 0 Å². The highest BCUT2D eigenvalue weighted by atomic mass is 14.9. The molecule has 0 radical (unpaired) electrons. The summed E-state index contributed by atoms with van der Waals surface area (Å²) in [7, 11) is 0. The molecule has 1 N–H and O–H groups in total. The fourth-order valence-electron chi connectivity index (χ4n) is 1.92. The van der Waals surface area contributed by atoms with Crippen LogP contribution in [0.15, 0.2) is 0 Å². The van der Waals surface area contributed by atoms with Crippen molar-refractivity contribution in [3.63, 3.8) is 0 Å². The number of piperidine rings is 1. The Morgan fingerprint density at radius 1 is 1.27 bits per heavy atom. The van der Waals surface area contributed by atoms with Crippen molar-refractivity contribution in [3.8, 4) is 0 Å². The Bertz CT molecular complexity index is 123. The van der Waals surface area contributed by atoms with Gasteiger partial charge in [0.1, 0.15) is 0 Å². The van der Waals surface area contributed by atoms with E-state index in [-0.39, 0.29) is 0 Å². The highest BCUT2D eigenvalue weighted by Gasteiger charge is 2.28. The summed E-state index contributed by atoms with van der Waals surface area (Å²) in [5.74, 6) is 0.916. The summed E-state index contributed by atoms with van der Waals surface area (Å²) in [6.07, 6.45) is 2.71. The molecule has 1 heterocycles. The Balaban J connectivity index is 2.46. The standard InChI is InChI=1S/C10H21N/c1-8-7-9(5-6-11-8)10(2,3)4/h8-9,11H,5-7H2,1-4H3/t8-,9+/m1/s1. The molecule has 0 amide bonds. The van der Waals surface area contributed by atoms with Crippen LogP contribution in [0.3, 0.4) is 0 Å². The van der Waals surface area contributed by atoms with Crippen LogP contribution in [0.25, 0.3) is 0 Å². The van der Waals surface area contributed by atoms with E-state index < -0.39 is 0 Å². The SMILES string of the molecule is C[C@@H]1C[C@@H](C(C)(C)C)CCN1. The Hall–Kier alpha value is -0.0400. The smallest absolute Gasteiger partial charge is 0.00415 e. The van der Waals surface area contributed by atoms with Crippen LogP contribution in [0.1, 0.15) is 40.5 Å². The largest absolute Gasteiger partial charge is 0.314 e. The molecule has 11 heavy (non-hydrogen) atoms. The maximum absolute atomic E-state index is 3.48. The van der Waals surface area contributed by atoms with E-state index in [0.717, 1.165) is 12.0 Å². The van der Waals surface area contributed by atoms with Gasteiger partial charge in [0.2, 0.25) is 0 Å². The van der Waals surface area contributed by atoms with Gasteiger partial charge in [-0.25, -0.2) is 0 Å². The number of rotatable bonds is 0. The van der Waals surface area contributed by atoms with Crippen molar-refractivity contribution >= 4 is 0 Å². The molecule has 1 aliphatic heterocycles. The van der Waals surface area contributed by atoms with Gasteiger partial charge in [-0.3, -0.25) is 0 Å². The summed E-state index contributed by atoms with van der Waals surface area (Å²) in [5.41, 5.74) is 0.510. The summed E-state index contributed by atoms with van der Waals surface area (Å²) in [5, 5.41) is 3.48. The molecule has 1 rings (SSSR count). The third kappa shape index (κ3) is 2.48. The monoisotopic (exact) mass is 155 g/mol. The minimum atomic E-state index is 0.510. The molecule has 0 unspecified atom stereocenters. The first-order chi connectivity index (χ1) is 5.00. The third-order valence-electron chi connectivity index (χ3n) is 2.85.